The third-order valence-corrected chi connectivity index (χ3v) is 5.04. The van der Waals surface area contributed by atoms with Crippen LogP contribution < -0.4 is 5.32 Å². The van der Waals surface area contributed by atoms with Crippen LogP contribution >= 0.6 is 11.6 Å². The first-order valence-electron chi connectivity index (χ1n) is 9.30. The van der Waals surface area contributed by atoms with Crippen LogP contribution in [0.1, 0.15) is 24.5 Å². The maximum absolute atomic E-state index is 13.1. The molecule has 0 atom stereocenters. The molecule has 2 aromatic rings. The molecule has 0 unspecified atom stereocenters. The summed E-state index contributed by atoms with van der Waals surface area (Å²) in [7, 11) is 0. The van der Waals surface area contributed by atoms with Crippen molar-refractivity contribution < 1.29 is 14.3 Å². The number of ether oxygens (including phenoxy) is 1. The first-order chi connectivity index (χ1) is 13.5. The highest BCUT2D eigenvalue weighted by atomic mass is 35.5. The number of anilines is 1. The Hall–Kier alpha value is -2.63. The van der Waals surface area contributed by atoms with Crippen molar-refractivity contribution in [2.24, 2.45) is 0 Å². The van der Waals surface area contributed by atoms with Crippen molar-refractivity contribution in [3.8, 4) is 0 Å². The summed E-state index contributed by atoms with van der Waals surface area (Å²) in [5, 5.41) is 3.76. The first kappa shape index (κ1) is 20.1. The van der Waals surface area contributed by atoms with Gasteiger partial charge in [0.2, 0.25) is 0 Å². The Bertz CT molecular complexity index is 909. The Morgan fingerprint density at radius 1 is 1.04 bits per heavy atom. The fourth-order valence-electron chi connectivity index (χ4n) is 3.11. The van der Waals surface area contributed by atoms with E-state index in [4.69, 9.17) is 16.3 Å². The molecule has 0 bridgehead atoms. The number of rotatable bonds is 8. The minimum Gasteiger partial charge on any atom is -0.382 e. The van der Waals surface area contributed by atoms with Crippen LogP contribution in [0.4, 0.5) is 5.69 Å². The molecular formula is C22H23ClN2O3. The van der Waals surface area contributed by atoms with Gasteiger partial charge in [0, 0.05) is 30.5 Å². The van der Waals surface area contributed by atoms with E-state index in [1.54, 1.807) is 6.07 Å². The lowest BCUT2D eigenvalue weighted by atomic mass is 10.0. The van der Waals surface area contributed by atoms with Gasteiger partial charge in [-0.2, -0.15) is 0 Å². The lowest BCUT2D eigenvalue weighted by molar-refractivity contribution is -0.137. The number of hydrogen-bond acceptors (Lipinski definition) is 4. The predicted molar refractivity (Wildman–Crippen MR) is 111 cm³/mol. The molecule has 0 fully saturated rings. The Morgan fingerprint density at radius 2 is 1.79 bits per heavy atom. The molecule has 1 heterocycles. The maximum Gasteiger partial charge on any atom is 0.278 e. The van der Waals surface area contributed by atoms with Crippen LogP contribution in [0.5, 0.6) is 0 Å². The second kappa shape index (κ2) is 9.04. The highest BCUT2D eigenvalue weighted by Crippen LogP contribution is 2.32. The summed E-state index contributed by atoms with van der Waals surface area (Å²) in [4.78, 5) is 27.4. The molecule has 146 valence electrons. The number of halogens is 1. The fraction of sp³-hybridized carbons (Fsp3) is 0.273. The second-order valence-corrected chi connectivity index (χ2v) is 6.87. The zero-order valence-electron chi connectivity index (χ0n) is 16.0. The van der Waals surface area contributed by atoms with Crippen LogP contribution in [-0.4, -0.2) is 36.5 Å². The van der Waals surface area contributed by atoms with Crippen LogP contribution in [0.2, 0.25) is 5.02 Å². The van der Waals surface area contributed by atoms with Crippen LogP contribution in [0, 0.1) is 6.92 Å². The molecule has 0 aliphatic carbocycles. The van der Waals surface area contributed by atoms with Gasteiger partial charge in [-0.15, -0.1) is 0 Å². The van der Waals surface area contributed by atoms with Crippen molar-refractivity contribution in [3.63, 3.8) is 0 Å². The standard InChI is InChI=1S/C22H23ClN2O3/c1-3-28-14-8-13-25-21(26)19(16-9-5-4-6-10-16)20(22(25)27)24-18-12-7-11-17(23)15(18)2/h4-7,9-12,24H,3,8,13-14H2,1-2H3. The molecule has 6 heteroatoms. The van der Waals surface area contributed by atoms with Crippen molar-refractivity contribution in [2.75, 3.05) is 25.1 Å². The minimum absolute atomic E-state index is 0.276. The Morgan fingerprint density at radius 3 is 2.50 bits per heavy atom. The maximum atomic E-state index is 13.1. The number of nitrogens with one attached hydrogen (secondary N) is 1. The van der Waals surface area contributed by atoms with Crippen LogP contribution in [0.3, 0.4) is 0 Å². The summed E-state index contributed by atoms with van der Waals surface area (Å²) in [5.74, 6) is -0.630. The first-order valence-corrected chi connectivity index (χ1v) is 9.68. The average molecular weight is 399 g/mol. The minimum atomic E-state index is -0.334. The lowest BCUT2D eigenvalue weighted by Gasteiger charge is -2.15. The predicted octanol–water partition coefficient (Wildman–Crippen LogP) is 4.27. The number of imide groups is 1. The van der Waals surface area contributed by atoms with Gasteiger partial charge < -0.3 is 10.1 Å². The number of benzene rings is 2. The summed E-state index contributed by atoms with van der Waals surface area (Å²) in [6, 6.07) is 14.7. The molecule has 0 spiro atoms. The Balaban J connectivity index is 1.95. The van der Waals surface area contributed by atoms with Gasteiger partial charge in [-0.25, -0.2) is 0 Å². The normalized spacial score (nSPS) is 14.2. The number of hydrogen-bond donors (Lipinski definition) is 1. The van der Waals surface area contributed by atoms with E-state index in [-0.39, 0.29) is 17.5 Å². The summed E-state index contributed by atoms with van der Waals surface area (Å²) in [6.07, 6.45) is 0.594. The van der Waals surface area contributed by atoms with Gasteiger partial charge in [-0.1, -0.05) is 48.0 Å². The van der Waals surface area contributed by atoms with E-state index >= 15 is 0 Å². The van der Waals surface area contributed by atoms with Gasteiger partial charge in [0.1, 0.15) is 5.70 Å². The van der Waals surface area contributed by atoms with Crippen molar-refractivity contribution in [1.82, 2.24) is 4.90 Å². The molecule has 1 aliphatic heterocycles. The van der Waals surface area contributed by atoms with Crippen molar-refractivity contribution in [3.05, 3.63) is 70.4 Å². The SMILES string of the molecule is CCOCCCN1C(=O)C(Nc2cccc(Cl)c2C)=C(c2ccccc2)C1=O. The van der Waals surface area contributed by atoms with Crippen LogP contribution in [0.15, 0.2) is 54.2 Å². The topological polar surface area (TPSA) is 58.6 Å². The van der Waals surface area contributed by atoms with Gasteiger partial charge in [0.05, 0.1) is 5.57 Å². The highest BCUT2D eigenvalue weighted by Gasteiger charge is 2.38. The van der Waals surface area contributed by atoms with Gasteiger partial charge >= 0.3 is 0 Å². The number of carbonyl (C=O) groups is 2. The Labute approximate surface area is 169 Å². The monoisotopic (exact) mass is 398 g/mol. The smallest absolute Gasteiger partial charge is 0.278 e. The second-order valence-electron chi connectivity index (χ2n) is 6.47. The zero-order valence-corrected chi connectivity index (χ0v) is 16.8. The molecule has 5 nitrogen and oxygen atoms in total. The van der Waals surface area contributed by atoms with Crippen LogP contribution in [0.25, 0.3) is 5.57 Å². The van der Waals surface area contributed by atoms with E-state index in [0.717, 1.165) is 5.56 Å². The summed E-state index contributed by atoms with van der Waals surface area (Å²) >= 11 is 6.21. The molecule has 3 rings (SSSR count). The van der Waals surface area contributed by atoms with Crippen molar-refractivity contribution >= 4 is 34.7 Å². The number of amides is 2. The lowest BCUT2D eigenvalue weighted by Crippen LogP contribution is -2.34. The third kappa shape index (κ3) is 4.11. The summed E-state index contributed by atoms with van der Waals surface area (Å²) < 4.78 is 5.33. The van der Waals surface area contributed by atoms with E-state index in [9.17, 15) is 9.59 Å². The number of nitrogens with zero attached hydrogens (tertiary/aromatic N) is 1. The molecule has 28 heavy (non-hydrogen) atoms. The van der Waals surface area contributed by atoms with Gasteiger partial charge in [0.25, 0.3) is 11.8 Å². The molecule has 0 saturated heterocycles. The molecule has 1 N–H and O–H groups in total. The third-order valence-electron chi connectivity index (χ3n) is 4.63. The quantitative estimate of drug-likeness (QED) is 0.533. The number of carbonyl (C=O) groups excluding carboxylic acids is 2. The average Bonchev–Trinajstić information content (AvgIpc) is 2.93. The largest absolute Gasteiger partial charge is 0.382 e. The molecule has 0 saturated carbocycles. The molecule has 0 aromatic heterocycles. The van der Waals surface area contributed by atoms with E-state index in [2.05, 4.69) is 5.32 Å². The molecule has 0 radical (unpaired) electrons. The summed E-state index contributed by atoms with van der Waals surface area (Å²) in [5.41, 5.74) is 2.88. The van der Waals surface area contributed by atoms with Gasteiger partial charge in [-0.3, -0.25) is 14.5 Å². The van der Waals surface area contributed by atoms with Crippen molar-refractivity contribution in [1.29, 1.82) is 0 Å². The van der Waals surface area contributed by atoms with Crippen LogP contribution in [-0.2, 0) is 14.3 Å². The van der Waals surface area contributed by atoms with E-state index in [0.29, 0.717) is 48.0 Å². The highest BCUT2D eigenvalue weighted by molar-refractivity contribution is 6.36. The Kier molecular flexibility index (Phi) is 6.49. The molecular weight excluding hydrogens is 376 g/mol. The fourth-order valence-corrected chi connectivity index (χ4v) is 3.29. The zero-order chi connectivity index (χ0) is 20.1. The van der Waals surface area contributed by atoms with E-state index in [1.807, 2.05) is 56.3 Å². The van der Waals surface area contributed by atoms with Gasteiger partial charge in [-0.05, 0) is 43.5 Å². The molecule has 2 amide bonds. The van der Waals surface area contributed by atoms with E-state index in [1.165, 1.54) is 4.90 Å². The summed E-state index contributed by atoms with van der Waals surface area (Å²) in [6.45, 7) is 5.21. The van der Waals surface area contributed by atoms with Gasteiger partial charge in [0.15, 0.2) is 0 Å². The van der Waals surface area contributed by atoms with E-state index < -0.39 is 0 Å². The van der Waals surface area contributed by atoms with Crippen molar-refractivity contribution in [2.45, 2.75) is 20.3 Å². The molecule has 1 aliphatic rings. The molecule has 2 aromatic carbocycles.